The lowest BCUT2D eigenvalue weighted by Crippen LogP contribution is -2.23. The fourth-order valence-electron chi connectivity index (χ4n) is 1.79. The number of rotatable bonds is 9. The van der Waals surface area contributed by atoms with E-state index in [4.69, 9.17) is 9.84 Å². The summed E-state index contributed by atoms with van der Waals surface area (Å²) in [6, 6.07) is 0. The van der Waals surface area contributed by atoms with Crippen molar-refractivity contribution in [3.63, 3.8) is 0 Å². The van der Waals surface area contributed by atoms with Crippen LogP contribution in [-0.2, 0) is 9.53 Å². The molecule has 0 saturated heterocycles. The lowest BCUT2D eigenvalue weighted by Gasteiger charge is -2.19. The smallest absolute Gasteiger partial charge is 0.309 e. The third-order valence-electron chi connectivity index (χ3n) is 2.98. The molecule has 0 radical (unpaired) electrons. The zero-order valence-corrected chi connectivity index (χ0v) is 12.0. The number of hydrogen-bond acceptors (Lipinski definition) is 2. The van der Waals surface area contributed by atoms with Crippen molar-refractivity contribution in [2.24, 2.45) is 11.3 Å². The molecule has 1 N–H and O–H groups in total. The summed E-state index contributed by atoms with van der Waals surface area (Å²) in [6.45, 7) is 10.8. The van der Waals surface area contributed by atoms with Crippen LogP contribution in [0.25, 0.3) is 0 Å². The zero-order chi connectivity index (χ0) is 13.5. The Labute approximate surface area is 106 Å². The van der Waals surface area contributed by atoms with Crippen LogP contribution in [0.4, 0.5) is 0 Å². The summed E-state index contributed by atoms with van der Waals surface area (Å²) >= 11 is 0. The summed E-state index contributed by atoms with van der Waals surface area (Å²) in [5.74, 6) is -0.0532. The molecule has 0 heterocycles. The average molecular weight is 244 g/mol. The van der Waals surface area contributed by atoms with Crippen LogP contribution in [0.2, 0.25) is 0 Å². The fourth-order valence-corrected chi connectivity index (χ4v) is 1.79. The van der Waals surface area contributed by atoms with E-state index in [1.165, 1.54) is 0 Å². The van der Waals surface area contributed by atoms with Gasteiger partial charge in [-0.15, -0.1) is 0 Å². The third kappa shape index (κ3) is 8.19. The Balaban J connectivity index is 3.56. The molecule has 0 saturated carbocycles. The lowest BCUT2D eigenvalue weighted by atomic mass is 9.87. The third-order valence-corrected chi connectivity index (χ3v) is 2.98. The van der Waals surface area contributed by atoms with Gasteiger partial charge in [-0.3, -0.25) is 4.79 Å². The van der Waals surface area contributed by atoms with Crippen molar-refractivity contribution < 1.29 is 14.6 Å². The molecule has 0 aromatic rings. The predicted molar refractivity (Wildman–Crippen MR) is 70.1 cm³/mol. The summed E-state index contributed by atoms with van der Waals surface area (Å²) in [6.07, 6.45) is 3.96. The number of hydrogen-bond donors (Lipinski definition) is 1. The maximum absolute atomic E-state index is 10.9. The van der Waals surface area contributed by atoms with E-state index in [9.17, 15) is 4.79 Å². The Morgan fingerprint density at radius 3 is 2.29 bits per heavy atom. The number of carboxylic acids is 1. The molecular formula is C14H28O3. The van der Waals surface area contributed by atoms with Gasteiger partial charge in [-0.2, -0.15) is 0 Å². The second-order valence-electron chi connectivity index (χ2n) is 5.96. The van der Waals surface area contributed by atoms with Crippen molar-refractivity contribution in [2.75, 3.05) is 6.61 Å². The Kier molecular flexibility index (Phi) is 7.44. The Bertz CT molecular complexity index is 222. The first-order chi connectivity index (χ1) is 7.75. The molecule has 0 fully saturated rings. The molecule has 1 unspecified atom stereocenters. The maximum Gasteiger partial charge on any atom is 0.309 e. The first-order valence-electron chi connectivity index (χ1n) is 6.60. The molecular weight excluding hydrogens is 216 g/mol. The van der Waals surface area contributed by atoms with E-state index in [-0.39, 0.29) is 0 Å². The Morgan fingerprint density at radius 1 is 1.24 bits per heavy atom. The van der Waals surface area contributed by atoms with Crippen molar-refractivity contribution in [1.29, 1.82) is 0 Å². The molecule has 0 rings (SSSR count). The van der Waals surface area contributed by atoms with E-state index in [0.29, 0.717) is 18.4 Å². The molecule has 3 nitrogen and oxygen atoms in total. The highest BCUT2D eigenvalue weighted by Gasteiger charge is 2.25. The molecule has 0 spiro atoms. The van der Waals surface area contributed by atoms with E-state index in [1.807, 2.05) is 0 Å². The van der Waals surface area contributed by atoms with Gasteiger partial charge in [-0.25, -0.2) is 0 Å². The van der Waals surface area contributed by atoms with Gasteiger partial charge in [0, 0.05) is 6.61 Å². The minimum Gasteiger partial charge on any atom is -0.481 e. The predicted octanol–water partition coefficient (Wildman–Crippen LogP) is 3.72. The van der Waals surface area contributed by atoms with Crippen molar-refractivity contribution in [3.05, 3.63) is 0 Å². The van der Waals surface area contributed by atoms with Gasteiger partial charge in [-0.05, 0) is 46.0 Å². The highest BCUT2D eigenvalue weighted by Crippen LogP contribution is 2.23. The van der Waals surface area contributed by atoms with Crippen LogP contribution in [0.5, 0.6) is 0 Å². The second-order valence-corrected chi connectivity index (χ2v) is 5.96. The summed E-state index contributed by atoms with van der Waals surface area (Å²) in [7, 11) is 0. The van der Waals surface area contributed by atoms with Crippen LogP contribution in [0, 0.1) is 11.3 Å². The van der Waals surface area contributed by atoms with Gasteiger partial charge in [-0.1, -0.05) is 20.3 Å². The summed E-state index contributed by atoms with van der Waals surface area (Å²) in [4.78, 5) is 10.9. The van der Waals surface area contributed by atoms with Gasteiger partial charge in [0.15, 0.2) is 0 Å². The monoisotopic (exact) mass is 244 g/mol. The molecule has 3 heteroatoms. The summed E-state index contributed by atoms with van der Waals surface area (Å²) < 4.78 is 5.68. The first-order valence-corrected chi connectivity index (χ1v) is 6.60. The van der Waals surface area contributed by atoms with E-state index in [2.05, 4.69) is 20.8 Å². The topological polar surface area (TPSA) is 46.5 Å². The van der Waals surface area contributed by atoms with Gasteiger partial charge in [0.2, 0.25) is 0 Å². The molecule has 0 aromatic heterocycles. The minimum atomic E-state index is -0.716. The van der Waals surface area contributed by atoms with Gasteiger partial charge < -0.3 is 9.84 Å². The van der Waals surface area contributed by atoms with Crippen molar-refractivity contribution in [2.45, 2.75) is 66.4 Å². The van der Waals surface area contributed by atoms with Crippen LogP contribution in [0.3, 0.4) is 0 Å². The lowest BCUT2D eigenvalue weighted by molar-refractivity contribution is -0.147. The normalized spacial score (nSPS) is 14.0. The molecule has 17 heavy (non-hydrogen) atoms. The number of carbonyl (C=O) groups is 1. The van der Waals surface area contributed by atoms with Gasteiger partial charge in [0.25, 0.3) is 0 Å². The van der Waals surface area contributed by atoms with Gasteiger partial charge in [0.05, 0.1) is 11.5 Å². The Hall–Kier alpha value is -0.570. The zero-order valence-electron chi connectivity index (χ0n) is 12.0. The standard InChI is InChI=1S/C14H28O3/c1-11(2)10-12(3)17-9-7-6-8-14(4,5)13(15)16/h11-12H,6-10H2,1-5H3,(H,15,16). The quantitative estimate of drug-likeness (QED) is 0.629. The fraction of sp³-hybridized carbons (Fsp3) is 0.929. The molecule has 1 atom stereocenters. The largest absolute Gasteiger partial charge is 0.481 e. The van der Waals surface area contributed by atoms with Gasteiger partial charge in [0.1, 0.15) is 0 Å². The molecule has 0 aliphatic heterocycles. The summed E-state index contributed by atoms with van der Waals surface area (Å²) in [5, 5.41) is 8.95. The van der Waals surface area contributed by atoms with Crippen LogP contribution in [-0.4, -0.2) is 23.8 Å². The van der Waals surface area contributed by atoms with Crippen molar-refractivity contribution in [1.82, 2.24) is 0 Å². The first kappa shape index (κ1) is 16.4. The van der Waals surface area contributed by atoms with Gasteiger partial charge >= 0.3 is 5.97 Å². The maximum atomic E-state index is 10.9. The van der Waals surface area contributed by atoms with Crippen LogP contribution in [0.15, 0.2) is 0 Å². The number of carboxylic acid groups (broad SMARTS) is 1. The molecule has 102 valence electrons. The average Bonchev–Trinajstić information content (AvgIpc) is 2.15. The molecule has 0 amide bonds. The minimum absolute atomic E-state index is 0.308. The van der Waals surface area contributed by atoms with Crippen molar-refractivity contribution in [3.8, 4) is 0 Å². The number of ether oxygens (including phenoxy) is 1. The molecule has 0 bridgehead atoms. The molecule has 0 aromatic carbocycles. The van der Waals surface area contributed by atoms with Crippen molar-refractivity contribution >= 4 is 5.97 Å². The molecule has 0 aliphatic rings. The van der Waals surface area contributed by atoms with Crippen LogP contribution in [0.1, 0.15) is 60.3 Å². The Morgan fingerprint density at radius 2 is 1.82 bits per heavy atom. The highest BCUT2D eigenvalue weighted by molar-refractivity contribution is 5.73. The number of aliphatic carboxylic acids is 1. The van der Waals surface area contributed by atoms with E-state index < -0.39 is 11.4 Å². The van der Waals surface area contributed by atoms with Crippen LogP contribution >= 0.6 is 0 Å². The second kappa shape index (κ2) is 7.70. The van der Waals surface area contributed by atoms with E-state index >= 15 is 0 Å². The molecule has 0 aliphatic carbocycles. The SMILES string of the molecule is CC(C)CC(C)OCCCCC(C)(C)C(=O)O. The van der Waals surface area contributed by atoms with Crippen LogP contribution < -0.4 is 0 Å². The van der Waals surface area contributed by atoms with E-state index in [0.717, 1.165) is 25.9 Å². The number of unbranched alkanes of at least 4 members (excludes halogenated alkanes) is 1. The highest BCUT2D eigenvalue weighted by atomic mass is 16.5. The summed E-state index contributed by atoms with van der Waals surface area (Å²) in [5.41, 5.74) is -0.608. The van der Waals surface area contributed by atoms with E-state index in [1.54, 1.807) is 13.8 Å².